The topological polar surface area (TPSA) is 44.8 Å². The van der Waals surface area contributed by atoms with E-state index >= 15 is 0 Å². The molecule has 0 heterocycles. The molecule has 0 saturated carbocycles. The summed E-state index contributed by atoms with van der Waals surface area (Å²) in [4.78, 5) is 12.4. The lowest BCUT2D eigenvalue weighted by atomic mass is 10.0. The van der Waals surface area contributed by atoms with Gasteiger partial charge in [-0.25, -0.2) is 0 Å². The predicted octanol–water partition coefficient (Wildman–Crippen LogP) is 3.48. The average molecular weight is 280 g/mol. The van der Waals surface area contributed by atoms with Gasteiger partial charge in [0.05, 0.1) is 13.2 Å². The van der Waals surface area contributed by atoms with Crippen LogP contribution in [0.4, 0.5) is 0 Å². The number of ketones is 1. The Kier molecular flexibility index (Phi) is 7.09. The molecule has 1 aromatic rings. The number of Topliss-reactive ketones (excluding diaryl/α,β-unsaturated/α-hetero) is 1. The van der Waals surface area contributed by atoms with E-state index in [0.29, 0.717) is 36.7 Å². The Morgan fingerprint density at radius 3 is 2.30 bits per heavy atom. The Hall–Kier alpha value is -1.55. The van der Waals surface area contributed by atoms with Gasteiger partial charge in [-0.1, -0.05) is 13.3 Å². The number of hydrogen-bond donors (Lipinski definition) is 0. The smallest absolute Gasteiger partial charge is 0.191 e. The van der Waals surface area contributed by atoms with E-state index in [-0.39, 0.29) is 5.78 Å². The Labute approximate surface area is 121 Å². The molecule has 0 aliphatic carbocycles. The minimum atomic E-state index is -0.396. The Bertz CT molecular complexity index is 428. The van der Waals surface area contributed by atoms with Crippen molar-refractivity contribution in [2.45, 2.75) is 39.7 Å². The summed E-state index contributed by atoms with van der Waals surface area (Å²) in [5.74, 6) is 1.25. The first-order valence-electron chi connectivity index (χ1n) is 7.14. The Morgan fingerprint density at radius 2 is 1.75 bits per heavy atom. The summed E-state index contributed by atoms with van der Waals surface area (Å²) in [6.07, 6.45) is 1.22. The molecule has 0 N–H and O–H groups in total. The van der Waals surface area contributed by atoms with E-state index in [1.54, 1.807) is 25.3 Å². The summed E-state index contributed by atoms with van der Waals surface area (Å²) in [5.41, 5.74) is 0.595. The molecule has 0 amide bonds. The second kappa shape index (κ2) is 8.59. The number of methoxy groups -OCH3 is 1. The van der Waals surface area contributed by atoms with Gasteiger partial charge >= 0.3 is 0 Å². The molecule has 0 aromatic heterocycles. The second-order valence-corrected chi connectivity index (χ2v) is 4.40. The highest BCUT2D eigenvalue weighted by molar-refractivity contribution is 6.00. The van der Waals surface area contributed by atoms with Crippen molar-refractivity contribution >= 4 is 5.78 Å². The summed E-state index contributed by atoms with van der Waals surface area (Å²) in [6, 6.07) is 5.27. The van der Waals surface area contributed by atoms with Crippen molar-refractivity contribution in [3.05, 3.63) is 23.8 Å². The maximum atomic E-state index is 12.4. The minimum absolute atomic E-state index is 0.0154. The van der Waals surface area contributed by atoms with Crippen molar-refractivity contribution in [2.75, 3.05) is 20.3 Å². The Balaban J connectivity index is 3.00. The quantitative estimate of drug-likeness (QED) is 0.650. The van der Waals surface area contributed by atoms with Gasteiger partial charge in [0.15, 0.2) is 17.3 Å². The largest absolute Gasteiger partial charge is 0.490 e. The van der Waals surface area contributed by atoms with Crippen LogP contribution in [0.2, 0.25) is 0 Å². The van der Waals surface area contributed by atoms with Crippen LogP contribution < -0.4 is 9.47 Å². The number of benzene rings is 1. The number of carbonyl (C=O) groups is 1. The zero-order valence-electron chi connectivity index (χ0n) is 12.8. The lowest BCUT2D eigenvalue weighted by Crippen LogP contribution is -2.23. The van der Waals surface area contributed by atoms with Crippen LogP contribution in [0.5, 0.6) is 11.5 Å². The third-order valence-electron chi connectivity index (χ3n) is 2.96. The van der Waals surface area contributed by atoms with Gasteiger partial charge in [0.2, 0.25) is 0 Å². The van der Waals surface area contributed by atoms with Crippen molar-refractivity contribution in [3.63, 3.8) is 0 Å². The van der Waals surface area contributed by atoms with Gasteiger partial charge < -0.3 is 14.2 Å². The third kappa shape index (κ3) is 4.23. The van der Waals surface area contributed by atoms with Crippen LogP contribution in [0.3, 0.4) is 0 Å². The first-order valence-corrected chi connectivity index (χ1v) is 7.14. The lowest BCUT2D eigenvalue weighted by molar-refractivity contribution is 0.0578. The fourth-order valence-electron chi connectivity index (χ4n) is 2.01. The van der Waals surface area contributed by atoms with E-state index in [2.05, 4.69) is 0 Å². The number of ether oxygens (including phenoxy) is 3. The van der Waals surface area contributed by atoms with E-state index in [4.69, 9.17) is 14.2 Å². The van der Waals surface area contributed by atoms with Crippen LogP contribution in [-0.2, 0) is 4.74 Å². The second-order valence-electron chi connectivity index (χ2n) is 4.40. The van der Waals surface area contributed by atoms with Gasteiger partial charge in [0, 0.05) is 12.7 Å². The molecule has 0 radical (unpaired) electrons. The van der Waals surface area contributed by atoms with E-state index in [1.165, 1.54) is 0 Å². The van der Waals surface area contributed by atoms with Crippen molar-refractivity contribution in [2.24, 2.45) is 0 Å². The molecule has 112 valence electrons. The molecule has 0 spiro atoms. The molecule has 0 aliphatic heterocycles. The molecule has 4 nitrogen and oxygen atoms in total. The highest BCUT2D eigenvalue weighted by atomic mass is 16.5. The molecule has 1 rings (SSSR count). The highest BCUT2D eigenvalue weighted by Crippen LogP contribution is 2.29. The standard InChI is InChI=1S/C16H24O4/c1-5-8-14(18-4)16(17)12-9-10-13(19-6-2)15(11-12)20-7-3/h9-11,14H,5-8H2,1-4H3. The number of hydrogen-bond acceptors (Lipinski definition) is 4. The zero-order valence-corrected chi connectivity index (χ0v) is 12.8. The molecule has 0 fully saturated rings. The summed E-state index contributed by atoms with van der Waals surface area (Å²) in [7, 11) is 1.57. The first kappa shape index (κ1) is 16.5. The van der Waals surface area contributed by atoms with E-state index < -0.39 is 6.10 Å². The molecule has 0 aliphatic rings. The monoisotopic (exact) mass is 280 g/mol. The van der Waals surface area contributed by atoms with Gasteiger partial charge in [0.25, 0.3) is 0 Å². The molecule has 1 aromatic carbocycles. The zero-order chi connectivity index (χ0) is 15.0. The molecule has 4 heteroatoms. The van der Waals surface area contributed by atoms with Crippen molar-refractivity contribution in [1.82, 2.24) is 0 Å². The lowest BCUT2D eigenvalue weighted by Gasteiger charge is -2.15. The van der Waals surface area contributed by atoms with E-state index in [1.807, 2.05) is 20.8 Å². The van der Waals surface area contributed by atoms with Gasteiger partial charge in [-0.2, -0.15) is 0 Å². The number of rotatable bonds is 9. The highest BCUT2D eigenvalue weighted by Gasteiger charge is 2.20. The molecule has 1 unspecified atom stereocenters. The summed E-state index contributed by atoms with van der Waals surface area (Å²) >= 11 is 0. The van der Waals surface area contributed by atoms with Crippen molar-refractivity contribution < 1.29 is 19.0 Å². The minimum Gasteiger partial charge on any atom is -0.490 e. The van der Waals surface area contributed by atoms with Gasteiger partial charge in [-0.15, -0.1) is 0 Å². The number of carbonyl (C=O) groups excluding carboxylic acids is 1. The van der Waals surface area contributed by atoms with Crippen LogP contribution in [0.1, 0.15) is 44.0 Å². The first-order chi connectivity index (χ1) is 9.67. The predicted molar refractivity (Wildman–Crippen MR) is 78.8 cm³/mol. The molecular formula is C16H24O4. The van der Waals surface area contributed by atoms with Crippen LogP contribution in [0, 0.1) is 0 Å². The summed E-state index contributed by atoms with van der Waals surface area (Å²) in [5, 5.41) is 0. The fraction of sp³-hybridized carbons (Fsp3) is 0.562. The van der Waals surface area contributed by atoms with E-state index in [9.17, 15) is 4.79 Å². The van der Waals surface area contributed by atoms with E-state index in [0.717, 1.165) is 6.42 Å². The fourth-order valence-corrected chi connectivity index (χ4v) is 2.01. The molecular weight excluding hydrogens is 256 g/mol. The average Bonchev–Trinajstić information content (AvgIpc) is 2.46. The van der Waals surface area contributed by atoms with Gasteiger partial charge in [0.1, 0.15) is 6.10 Å². The van der Waals surface area contributed by atoms with Gasteiger partial charge in [-0.05, 0) is 38.5 Å². The van der Waals surface area contributed by atoms with Crippen LogP contribution in [0.15, 0.2) is 18.2 Å². The van der Waals surface area contributed by atoms with Crippen molar-refractivity contribution in [1.29, 1.82) is 0 Å². The SMILES string of the molecule is CCCC(OC)C(=O)c1ccc(OCC)c(OCC)c1. The normalized spacial score (nSPS) is 12.0. The van der Waals surface area contributed by atoms with Crippen LogP contribution in [-0.4, -0.2) is 32.2 Å². The van der Waals surface area contributed by atoms with Crippen molar-refractivity contribution in [3.8, 4) is 11.5 Å². The van der Waals surface area contributed by atoms with Crippen LogP contribution in [0.25, 0.3) is 0 Å². The molecule has 1 atom stereocenters. The molecule has 20 heavy (non-hydrogen) atoms. The maximum Gasteiger partial charge on any atom is 0.191 e. The summed E-state index contributed by atoms with van der Waals surface area (Å²) < 4.78 is 16.3. The molecule has 0 bridgehead atoms. The summed E-state index contributed by atoms with van der Waals surface area (Å²) in [6.45, 7) is 6.93. The van der Waals surface area contributed by atoms with Crippen LogP contribution >= 0.6 is 0 Å². The maximum absolute atomic E-state index is 12.4. The van der Waals surface area contributed by atoms with Gasteiger partial charge in [-0.3, -0.25) is 4.79 Å². The Morgan fingerprint density at radius 1 is 1.10 bits per heavy atom. The third-order valence-corrected chi connectivity index (χ3v) is 2.96. The molecule has 0 saturated heterocycles.